The molecule has 0 spiro atoms. The van der Waals surface area contributed by atoms with Crippen LogP contribution in [0.1, 0.15) is 71.6 Å². The second-order valence-corrected chi connectivity index (χ2v) is 8.90. The summed E-state index contributed by atoms with van der Waals surface area (Å²) in [5, 5.41) is 30.0. The molecule has 3 aliphatic rings. The summed E-state index contributed by atoms with van der Waals surface area (Å²) in [4.78, 5) is 10.9. The first-order valence-corrected chi connectivity index (χ1v) is 10.7. The lowest BCUT2D eigenvalue weighted by Gasteiger charge is -2.54. The van der Waals surface area contributed by atoms with Crippen LogP contribution in [0.3, 0.4) is 0 Å². The number of fused-ring (bicyclic) bond motifs is 1. The standard InChI is InChI=1S/C23H34O4/c1-14(8-13-21(26)27)22-15(2)23-17(20(25)12-10-18(22)23)9-11-19(24)16-6-4-3-5-7-16/h15-20,23-25H,3-8,10,12-13H2,1-2H3,(H,26,27)/b22-14-/t15?,17-,18+,19?,20+,23+/m1/s1. The fourth-order valence-corrected chi connectivity index (χ4v) is 5.76. The summed E-state index contributed by atoms with van der Waals surface area (Å²) in [7, 11) is 0. The molecule has 0 radical (unpaired) electrons. The lowest BCUT2D eigenvalue weighted by molar-refractivity contribution is -0.136. The Balaban J connectivity index is 1.69. The van der Waals surface area contributed by atoms with Gasteiger partial charge in [0.15, 0.2) is 0 Å². The molecule has 4 nitrogen and oxygen atoms in total. The van der Waals surface area contributed by atoms with E-state index in [4.69, 9.17) is 5.11 Å². The minimum atomic E-state index is -0.752. The van der Waals surface area contributed by atoms with Gasteiger partial charge in [-0.25, -0.2) is 0 Å². The van der Waals surface area contributed by atoms with Crippen molar-refractivity contribution in [3.8, 4) is 11.8 Å². The highest BCUT2D eigenvalue weighted by molar-refractivity contribution is 5.67. The van der Waals surface area contributed by atoms with Crippen LogP contribution in [0.4, 0.5) is 0 Å². The molecule has 3 aliphatic carbocycles. The normalized spacial score (nSPS) is 36.7. The number of rotatable bonds is 4. The second-order valence-electron chi connectivity index (χ2n) is 8.90. The number of aliphatic hydroxyl groups is 2. The highest BCUT2D eigenvalue weighted by Gasteiger charge is 2.51. The summed E-state index contributed by atoms with van der Waals surface area (Å²) in [6.45, 7) is 4.24. The van der Waals surface area contributed by atoms with Crippen LogP contribution in [0.2, 0.25) is 0 Å². The molecule has 0 heterocycles. The highest BCUT2D eigenvalue weighted by Crippen LogP contribution is 2.56. The fourth-order valence-electron chi connectivity index (χ4n) is 5.76. The number of carboxylic acids is 1. The van der Waals surface area contributed by atoms with Crippen LogP contribution < -0.4 is 0 Å². The van der Waals surface area contributed by atoms with E-state index in [2.05, 4.69) is 25.7 Å². The van der Waals surface area contributed by atoms with Crippen LogP contribution in [0.5, 0.6) is 0 Å². The zero-order valence-electron chi connectivity index (χ0n) is 16.7. The minimum absolute atomic E-state index is 0.0759. The number of aliphatic hydroxyl groups excluding tert-OH is 2. The summed E-state index contributed by atoms with van der Waals surface area (Å²) in [5.74, 6) is 6.91. The average molecular weight is 375 g/mol. The van der Waals surface area contributed by atoms with Crippen molar-refractivity contribution in [3.63, 3.8) is 0 Å². The van der Waals surface area contributed by atoms with Gasteiger partial charge in [-0.15, -0.1) is 0 Å². The number of allylic oxidation sites excluding steroid dienone is 2. The van der Waals surface area contributed by atoms with Crippen molar-refractivity contribution in [1.82, 2.24) is 0 Å². The average Bonchev–Trinajstić information content (AvgIpc) is 2.66. The van der Waals surface area contributed by atoms with Crippen LogP contribution in [-0.2, 0) is 4.79 Å². The maximum Gasteiger partial charge on any atom is 0.303 e. The Hall–Kier alpha value is -1.31. The summed E-state index contributed by atoms with van der Waals surface area (Å²) < 4.78 is 0. The van der Waals surface area contributed by atoms with Gasteiger partial charge in [-0.3, -0.25) is 4.79 Å². The van der Waals surface area contributed by atoms with Gasteiger partial charge in [0.25, 0.3) is 0 Å². The van der Waals surface area contributed by atoms with E-state index in [0.29, 0.717) is 24.2 Å². The minimum Gasteiger partial charge on any atom is -0.481 e. The Morgan fingerprint density at radius 3 is 2.52 bits per heavy atom. The summed E-state index contributed by atoms with van der Waals surface area (Å²) >= 11 is 0. The van der Waals surface area contributed by atoms with Gasteiger partial charge < -0.3 is 15.3 Å². The van der Waals surface area contributed by atoms with Gasteiger partial charge in [0.2, 0.25) is 0 Å². The molecule has 0 amide bonds. The zero-order valence-corrected chi connectivity index (χ0v) is 16.7. The number of carboxylic acid groups (broad SMARTS) is 1. The maximum absolute atomic E-state index is 10.9. The monoisotopic (exact) mass is 374 g/mol. The molecule has 2 unspecified atom stereocenters. The number of hydrogen-bond donors (Lipinski definition) is 3. The molecule has 0 aromatic heterocycles. The van der Waals surface area contributed by atoms with Crippen molar-refractivity contribution in [3.05, 3.63) is 11.1 Å². The zero-order chi connectivity index (χ0) is 19.6. The predicted octanol–water partition coefficient (Wildman–Crippen LogP) is 3.77. The molecule has 0 aromatic carbocycles. The second kappa shape index (κ2) is 8.80. The van der Waals surface area contributed by atoms with Crippen molar-refractivity contribution in [2.45, 2.75) is 83.8 Å². The van der Waals surface area contributed by atoms with E-state index >= 15 is 0 Å². The SMILES string of the molecule is C/C(CCC(=O)O)=C1\C(C)[C@H]2[C@H](C#CC(O)C3CCCCC3)[C@@H](O)CC[C@@H]12. The largest absolute Gasteiger partial charge is 0.481 e. The summed E-state index contributed by atoms with van der Waals surface area (Å²) in [6.07, 6.45) is 7.24. The molecule has 3 N–H and O–H groups in total. The summed E-state index contributed by atoms with van der Waals surface area (Å²) in [6, 6.07) is 0. The number of aliphatic carboxylic acids is 1. The Bertz CT molecular complexity index is 634. The third kappa shape index (κ3) is 4.41. The molecule has 3 saturated carbocycles. The number of hydrogen-bond acceptors (Lipinski definition) is 3. The third-order valence-corrected chi connectivity index (χ3v) is 7.24. The van der Waals surface area contributed by atoms with Crippen LogP contribution in [-0.4, -0.2) is 33.5 Å². The van der Waals surface area contributed by atoms with Crippen LogP contribution >= 0.6 is 0 Å². The highest BCUT2D eigenvalue weighted by atomic mass is 16.4. The molecule has 0 saturated heterocycles. The smallest absolute Gasteiger partial charge is 0.303 e. The third-order valence-electron chi connectivity index (χ3n) is 7.24. The van der Waals surface area contributed by atoms with E-state index in [1.165, 1.54) is 30.4 Å². The van der Waals surface area contributed by atoms with Crippen molar-refractivity contribution >= 4 is 5.97 Å². The van der Waals surface area contributed by atoms with E-state index in [1.54, 1.807) is 0 Å². The van der Waals surface area contributed by atoms with Crippen LogP contribution in [0, 0.1) is 41.4 Å². The first kappa shape index (κ1) is 20.4. The van der Waals surface area contributed by atoms with Gasteiger partial charge in [0.1, 0.15) is 6.10 Å². The van der Waals surface area contributed by atoms with Crippen LogP contribution in [0.15, 0.2) is 11.1 Å². The molecule has 0 aromatic rings. The van der Waals surface area contributed by atoms with Crippen molar-refractivity contribution in [2.24, 2.45) is 29.6 Å². The molecule has 0 aliphatic heterocycles. The van der Waals surface area contributed by atoms with Gasteiger partial charge in [0.05, 0.1) is 12.0 Å². The quantitative estimate of drug-likeness (QED) is 0.517. The maximum atomic E-state index is 10.9. The number of carbonyl (C=O) groups is 1. The molecule has 6 atom stereocenters. The molecular weight excluding hydrogens is 340 g/mol. The van der Waals surface area contributed by atoms with Crippen molar-refractivity contribution < 1.29 is 20.1 Å². The molecule has 150 valence electrons. The van der Waals surface area contributed by atoms with Gasteiger partial charge in [0, 0.05) is 6.42 Å². The molecule has 27 heavy (non-hydrogen) atoms. The van der Waals surface area contributed by atoms with Gasteiger partial charge >= 0.3 is 5.97 Å². The molecule has 3 fully saturated rings. The van der Waals surface area contributed by atoms with Gasteiger partial charge in [-0.05, 0) is 62.7 Å². The van der Waals surface area contributed by atoms with E-state index < -0.39 is 18.2 Å². The van der Waals surface area contributed by atoms with Crippen LogP contribution in [0.25, 0.3) is 0 Å². The van der Waals surface area contributed by atoms with E-state index in [1.807, 2.05) is 0 Å². The Kier molecular flexibility index (Phi) is 6.65. The first-order valence-electron chi connectivity index (χ1n) is 10.7. The van der Waals surface area contributed by atoms with Crippen molar-refractivity contribution in [2.75, 3.05) is 0 Å². The molecule has 0 bridgehead atoms. The Labute approximate surface area is 163 Å². The van der Waals surface area contributed by atoms with E-state index in [9.17, 15) is 15.0 Å². The lowest BCUT2D eigenvalue weighted by atomic mass is 9.50. The van der Waals surface area contributed by atoms with Crippen molar-refractivity contribution in [1.29, 1.82) is 0 Å². The first-order chi connectivity index (χ1) is 12.9. The fraction of sp³-hybridized carbons (Fsp3) is 0.783. The Morgan fingerprint density at radius 1 is 1.15 bits per heavy atom. The predicted molar refractivity (Wildman–Crippen MR) is 105 cm³/mol. The van der Waals surface area contributed by atoms with Gasteiger partial charge in [-0.2, -0.15) is 0 Å². The Morgan fingerprint density at radius 2 is 1.85 bits per heavy atom. The lowest BCUT2D eigenvalue weighted by Crippen LogP contribution is -2.50. The van der Waals surface area contributed by atoms with E-state index in [-0.39, 0.29) is 18.3 Å². The molecule has 4 heteroatoms. The molecule has 3 rings (SSSR count). The van der Waals surface area contributed by atoms with Gasteiger partial charge in [-0.1, -0.05) is 49.2 Å². The van der Waals surface area contributed by atoms with E-state index in [0.717, 1.165) is 25.7 Å². The molecular formula is C23H34O4. The summed E-state index contributed by atoms with van der Waals surface area (Å²) in [5.41, 5.74) is 2.60. The topological polar surface area (TPSA) is 77.8 Å².